The van der Waals surface area contributed by atoms with Gasteiger partial charge in [-0.3, -0.25) is 0 Å². The minimum absolute atomic E-state index is 0.0147. The molecule has 0 saturated heterocycles. The summed E-state index contributed by atoms with van der Waals surface area (Å²) >= 11 is 0. The Balaban J connectivity index is 2.09. The Morgan fingerprint density at radius 1 is 1.05 bits per heavy atom. The summed E-state index contributed by atoms with van der Waals surface area (Å²) in [6, 6.07) is 5.68. The third-order valence-corrected chi connectivity index (χ3v) is 2.63. The van der Waals surface area contributed by atoms with Crippen molar-refractivity contribution in [3.8, 4) is 11.3 Å². The quantitative estimate of drug-likeness (QED) is 0.714. The van der Waals surface area contributed by atoms with Crippen LogP contribution in [-0.2, 0) is 0 Å². The topological polar surface area (TPSA) is 43.6 Å². The molecule has 0 radical (unpaired) electrons. The smallest absolute Gasteiger partial charge is 0.241 e. The first-order chi connectivity index (χ1) is 9.15. The van der Waals surface area contributed by atoms with Gasteiger partial charge in [-0.1, -0.05) is 0 Å². The molecule has 0 aliphatic rings. The molecule has 0 spiro atoms. The van der Waals surface area contributed by atoms with Crippen LogP contribution in [0.25, 0.3) is 22.4 Å². The van der Waals surface area contributed by atoms with Gasteiger partial charge in [0.25, 0.3) is 0 Å². The van der Waals surface area contributed by atoms with E-state index in [2.05, 4.69) is 15.1 Å². The molecule has 4 nitrogen and oxygen atoms in total. The lowest BCUT2D eigenvalue weighted by Gasteiger charge is -2.02. The molecule has 0 unspecified atom stereocenters. The van der Waals surface area contributed by atoms with E-state index in [1.54, 1.807) is 12.1 Å². The summed E-state index contributed by atoms with van der Waals surface area (Å²) in [5.41, 5.74) is 1.41. The number of rotatable bonds is 2. The van der Waals surface area contributed by atoms with Crippen LogP contribution in [0.1, 0.15) is 6.55 Å². The molecule has 19 heavy (non-hydrogen) atoms. The fourth-order valence-electron chi connectivity index (χ4n) is 1.73. The Morgan fingerprint density at radius 2 is 1.79 bits per heavy atom. The average Bonchev–Trinajstić information content (AvgIpc) is 2.82. The van der Waals surface area contributed by atoms with Gasteiger partial charge in [-0.15, -0.1) is 0 Å². The third-order valence-electron chi connectivity index (χ3n) is 2.63. The van der Waals surface area contributed by atoms with E-state index in [0.29, 0.717) is 15.9 Å². The van der Waals surface area contributed by atoms with Gasteiger partial charge in [0.05, 0.1) is 18.1 Å². The highest BCUT2D eigenvalue weighted by atomic mass is 19.3. The number of halogens is 3. The van der Waals surface area contributed by atoms with Crippen LogP contribution in [0.4, 0.5) is 13.2 Å². The molecule has 3 rings (SSSR count). The van der Waals surface area contributed by atoms with Crippen molar-refractivity contribution in [1.29, 1.82) is 0 Å². The second-order valence-corrected chi connectivity index (χ2v) is 3.84. The van der Waals surface area contributed by atoms with E-state index in [0.717, 1.165) is 0 Å². The maximum absolute atomic E-state index is 12.8. The van der Waals surface area contributed by atoms with Gasteiger partial charge in [0.2, 0.25) is 0 Å². The maximum atomic E-state index is 12.8. The van der Waals surface area contributed by atoms with Gasteiger partial charge >= 0.3 is 6.55 Å². The van der Waals surface area contributed by atoms with Crippen LogP contribution in [0, 0.1) is 5.82 Å². The molecule has 2 aromatic heterocycles. The summed E-state index contributed by atoms with van der Waals surface area (Å²) in [4.78, 5) is 8.10. The molecule has 0 amide bonds. The summed E-state index contributed by atoms with van der Waals surface area (Å²) in [6.07, 6.45) is 2.58. The molecule has 0 fully saturated rings. The van der Waals surface area contributed by atoms with Gasteiger partial charge < -0.3 is 0 Å². The Bertz CT molecular complexity index is 721. The SMILES string of the molecule is Fc1ccc(-c2cnc3c(cnn3C(F)F)n2)cc1. The lowest BCUT2D eigenvalue weighted by Crippen LogP contribution is -2.01. The van der Waals surface area contributed by atoms with Crippen LogP contribution in [-0.4, -0.2) is 19.7 Å². The number of hydrogen-bond acceptors (Lipinski definition) is 3. The van der Waals surface area contributed by atoms with Gasteiger partial charge in [-0.2, -0.15) is 18.6 Å². The minimum atomic E-state index is -2.76. The number of hydrogen-bond donors (Lipinski definition) is 0. The molecular formula is C12H7F3N4. The molecular weight excluding hydrogens is 257 g/mol. The molecule has 7 heteroatoms. The van der Waals surface area contributed by atoms with E-state index in [1.165, 1.54) is 24.5 Å². The summed E-state index contributed by atoms with van der Waals surface area (Å²) in [7, 11) is 0. The zero-order chi connectivity index (χ0) is 13.4. The fraction of sp³-hybridized carbons (Fsp3) is 0.0833. The highest BCUT2D eigenvalue weighted by Crippen LogP contribution is 2.21. The predicted molar refractivity (Wildman–Crippen MR) is 62.0 cm³/mol. The zero-order valence-corrected chi connectivity index (χ0v) is 9.46. The zero-order valence-electron chi connectivity index (χ0n) is 9.46. The van der Waals surface area contributed by atoms with Crippen molar-refractivity contribution in [3.63, 3.8) is 0 Å². The highest BCUT2D eigenvalue weighted by molar-refractivity contribution is 5.73. The fourth-order valence-corrected chi connectivity index (χ4v) is 1.73. The number of alkyl halides is 2. The summed E-state index contributed by atoms with van der Waals surface area (Å²) in [5, 5.41) is 3.53. The number of benzene rings is 1. The van der Waals surface area contributed by atoms with E-state index < -0.39 is 6.55 Å². The first kappa shape index (κ1) is 11.6. The first-order valence-corrected chi connectivity index (χ1v) is 5.39. The molecule has 0 saturated carbocycles. The molecule has 0 aliphatic carbocycles. The lowest BCUT2D eigenvalue weighted by molar-refractivity contribution is 0.0608. The predicted octanol–water partition coefficient (Wildman–Crippen LogP) is 3.03. The summed E-state index contributed by atoms with van der Waals surface area (Å²) in [6.45, 7) is -2.76. The number of nitrogens with zero attached hydrogens (tertiary/aromatic N) is 4. The van der Waals surface area contributed by atoms with Crippen LogP contribution >= 0.6 is 0 Å². The minimum Gasteiger partial charge on any atom is -0.241 e. The van der Waals surface area contributed by atoms with Crippen molar-refractivity contribution in [2.45, 2.75) is 6.55 Å². The van der Waals surface area contributed by atoms with Crippen molar-refractivity contribution in [2.24, 2.45) is 0 Å². The maximum Gasteiger partial charge on any atom is 0.335 e. The van der Waals surface area contributed by atoms with Crippen molar-refractivity contribution >= 4 is 11.2 Å². The average molecular weight is 264 g/mol. The molecule has 3 aromatic rings. The molecule has 0 bridgehead atoms. The monoisotopic (exact) mass is 264 g/mol. The third kappa shape index (κ3) is 2.03. The van der Waals surface area contributed by atoms with Crippen LogP contribution in [0.3, 0.4) is 0 Å². The largest absolute Gasteiger partial charge is 0.335 e. The van der Waals surface area contributed by atoms with Gasteiger partial charge in [-0.25, -0.2) is 14.4 Å². The van der Waals surface area contributed by atoms with Gasteiger partial charge in [0.15, 0.2) is 5.65 Å². The van der Waals surface area contributed by atoms with Crippen LogP contribution in [0.15, 0.2) is 36.7 Å². The molecule has 96 valence electrons. The van der Waals surface area contributed by atoms with E-state index in [-0.39, 0.29) is 17.0 Å². The van der Waals surface area contributed by atoms with Crippen molar-refractivity contribution < 1.29 is 13.2 Å². The van der Waals surface area contributed by atoms with Crippen molar-refractivity contribution in [2.75, 3.05) is 0 Å². The van der Waals surface area contributed by atoms with E-state index >= 15 is 0 Å². The van der Waals surface area contributed by atoms with Crippen LogP contribution < -0.4 is 0 Å². The highest BCUT2D eigenvalue weighted by Gasteiger charge is 2.14. The second kappa shape index (κ2) is 4.34. The van der Waals surface area contributed by atoms with E-state index in [1.807, 2.05) is 0 Å². The lowest BCUT2D eigenvalue weighted by atomic mass is 10.1. The standard InChI is InChI=1S/C12H7F3N4/c13-8-3-1-7(2-4-8)9-5-16-11-10(18-9)6-17-19(11)12(14)15/h1-6,12H. The Labute approximate surface area is 105 Å². The Kier molecular flexibility index (Phi) is 2.66. The molecule has 0 aliphatic heterocycles. The molecule has 1 aromatic carbocycles. The summed E-state index contributed by atoms with van der Waals surface area (Å²) in [5.74, 6) is -0.358. The molecule has 0 atom stereocenters. The van der Waals surface area contributed by atoms with Crippen molar-refractivity contribution in [3.05, 3.63) is 42.5 Å². The first-order valence-electron chi connectivity index (χ1n) is 5.39. The number of aromatic nitrogens is 4. The molecule has 0 N–H and O–H groups in total. The van der Waals surface area contributed by atoms with E-state index in [9.17, 15) is 13.2 Å². The van der Waals surface area contributed by atoms with Gasteiger partial charge in [-0.05, 0) is 24.3 Å². The Hall–Kier alpha value is -2.44. The Morgan fingerprint density at radius 3 is 2.47 bits per heavy atom. The van der Waals surface area contributed by atoms with E-state index in [4.69, 9.17) is 0 Å². The summed E-state index contributed by atoms with van der Waals surface area (Å²) < 4.78 is 38.5. The van der Waals surface area contributed by atoms with Crippen LogP contribution in [0.5, 0.6) is 0 Å². The molecule has 2 heterocycles. The van der Waals surface area contributed by atoms with Crippen molar-refractivity contribution in [1.82, 2.24) is 19.7 Å². The van der Waals surface area contributed by atoms with Crippen LogP contribution in [0.2, 0.25) is 0 Å². The van der Waals surface area contributed by atoms with Gasteiger partial charge in [0, 0.05) is 5.56 Å². The van der Waals surface area contributed by atoms with Gasteiger partial charge in [0.1, 0.15) is 11.3 Å². The number of fused-ring (bicyclic) bond motifs is 1. The second-order valence-electron chi connectivity index (χ2n) is 3.84. The normalized spacial score (nSPS) is 11.4.